The molecule has 0 fully saturated rings. The van der Waals surface area contributed by atoms with E-state index in [0.717, 1.165) is 15.4 Å². The number of fused-ring (bicyclic) bond motifs is 1. The van der Waals surface area contributed by atoms with Gasteiger partial charge in [0.15, 0.2) is 0 Å². The van der Waals surface area contributed by atoms with Gasteiger partial charge in [-0.05, 0) is 74.5 Å². The first kappa shape index (κ1) is 30.4. The number of aryl methyl sites for hydroxylation is 1. The summed E-state index contributed by atoms with van der Waals surface area (Å²) >= 11 is 12.3. The largest absolute Gasteiger partial charge is 0.459 e. The molecule has 4 rings (SSSR count). The van der Waals surface area contributed by atoms with E-state index in [1.54, 1.807) is 57.2 Å². The zero-order valence-electron chi connectivity index (χ0n) is 23.1. The van der Waals surface area contributed by atoms with Gasteiger partial charge in [0, 0.05) is 27.5 Å². The fraction of sp³-hybridized carbons (Fsp3) is 0.226. The van der Waals surface area contributed by atoms with Crippen LogP contribution in [-0.4, -0.2) is 32.4 Å². The number of rotatable bonds is 8. The van der Waals surface area contributed by atoms with Gasteiger partial charge in [0.2, 0.25) is 0 Å². The fourth-order valence-electron chi connectivity index (χ4n) is 4.38. The molecule has 214 valence electrons. The number of sulfonamides is 1. The molecule has 41 heavy (non-hydrogen) atoms. The van der Waals surface area contributed by atoms with Gasteiger partial charge >= 0.3 is 5.97 Å². The molecule has 0 saturated carbocycles. The maximum absolute atomic E-state index is 14.0. The molecule has 0 atom stereocenters. The number of carbonyl (C=O) groups is 2. The Kier molecular flexibility index (Phi) is 8.97. The second-order valence-electron chi connectivity index (χ2n) is 10.5. The first-order valence-electron chi connectivity index (χ1n) is 12.8. The molecule has 0 spiro atoms. The molecule has 0 radical (unpaired) electrons. The van der Waals surface area contributed by atoms with Crippen LogP contribution in [0.2, 0.25) is 10.0 Å². The summed E-state index contributed by atoms with van der Waals surface area (Å²) in [5.74, 6) is -1.07. The predicted octanol–water partition coefficient (Wildman–Crippen LogP) is 6.92. The molecule has 1 amide bonds. The molecule has 4 aromatic carbocycles. The van der Waals surface area contributed by atoms with Crippen molar-refractivity contribution in [3.05, 3.63) is 106 Å². The van der Waals surface area contributed by atoms with E-state index >= 15 is 0 Å². The maximum Gasteiger partial charge on any atom is 0.327 e. The first-order chi connectivity index (χ1) is 19.3. The van der Waals surface area contributed by atoms with Crippen LogP contribution in [0.5, 0.6) is 0 Å². The van der Waals surface area contributed by atoms with Gasteiger partial charge in [-0.3, -0.25) is 13.9 Å². The highest BCUT2D eigenvalue weighted by molar-refractivity contribution is 7.93. The van der Waals surface area contributed by atoms with E-state index in [2.05, 4.69) is 5.32 Å². The molecule has 0 heterocycles. The number of ether oxygens (including phenoxy) is 1. The van der Waals surface area contributed by atoms with Gasteiger partial charge in [-0.1, -0.05) is 71.7 Å². The van der Waals surface area contributed by atoms with Gasteiger partial charge in [-0.25, -0.2) is 8.42 Å². The van der Waals surface area contributed by atoms with Crippen LogP contribution < -0.4 is 9.62 Å². The molecule has 0 aliphatic carbocycles. The highest BCUT2D eigenvalue weighted by Crippen LogP contribution is 2.34. The molecule has 1 N–H and O–H groups in total. The van der Waals surface area contributed by atoms with Crippen LogP contribution in [0.4, 0.5) is 5.69 Å². The van der Waals surface area contributed by atoms with Crippen LogP contribution in [0.25, 0.3) is 10.8 Å². The monoisotopic (exact) mass is 612 g/mol. The molecule has 0 aromatic heterocycles. The van der Waals surface area contributed by atoms with Crippen LogP contribution >= 0.6 is 23.2 Å². The Labute approximate surface area is 250 Å². The molecular formula is C31H30Cl2N2O5S. The highest BCUT2D eigenvalue weighted by atomic mass is 35.5. The first-order valence-corrected chi connectivity index (χ1v) is 15.0. The zero-order valence-corrected chi connectivity index (χ0v) is 25.4. The van der Waals surface area contributed by atoms with Crippen molar-refractivity contribution in [1.82, 2.24) is 5.32 Å². The van der Waals surface area contributed by atoms with Crippen molar-refractivity contribution in [3.63, 3.8) is 0 Å². The highest BCUT2D eigenvalue weighted by Gasteiger charge is 2.31. The summed E-state index contributed by atoms with van der Waals surface area (Å²) in [5.41, 5.74) is 1.75. The standard InChI is InChI=1S/C31H30Cl2N2O5S/c1-20-9-5-6-10-21(20)18-34-30(37)27-13-7-12-26-25(27)11-8-14-28(26)35(19-29(36)40-31(2,3)4)41(38,39)24-16-22(32)15-23(33)17-24/h5-17H,18-19H2,1-4H3,(H,34,37). The van der Waals surface area contributed by atoms with Crippen molar-refractivity contribution in [2.75, 3.05) is 10.8 Å². The SMILES string of the molecule is Cc1ccccc1CNC(=O)c1cccc2c(N(CC(=O)OC(C)(C)C)S(=O)(=O)c3cc(Cl)cc(Cl)c3)cccc12. The van der Waals surface area contributed by atoms with E-state index in [4.69, 9.17) is 27.9 Å². The third-order valence-electron chi connectivity index (χ3n) is 6.23. The zero-order chi connectivity index (χ0) is 29.9. The molecule has 7 nitrogen and oxygen atoms in total. The normalized spacial score (nSPS) is 11.8. The van der Waals surface area contributed by atoms with Crippen LogP contribution in [-0.2, 0) is 26.1 Å². The van der Waals surface area contributed by atoms with Gasteiger partial charge in [-0.2, -0.15) is 0 Å². The molecule has 0 saturated heterocycles. The van der Waals surface area contributed by atoms with Crippen LogP contribution in [0.15, 0.2) is 83.8 Å². The molecule has 0 bridgehead atoms. The van der Waals surface area contributed by atoms with Crippen molar-refractivity contribution in [1.29, 1.82) is 0 Å². The maximum atomic E-state index is 14.0. The number of hydrogen-bond donors (Lipinski definition) is 1. The molecule has 0 aliphatic heterocycles. The predicted molar refractivity (Wildman–Crippen MR) is 163 cm³/mol. The Morgan fingerprint density at radius 2 is 1.51 bits per heavy atom. The number of hydrogen-bond acceptors (Lipinski definition) is 5. The Morgan fingerprint density at radius 3 is 2.17 bits per heavy atom. The lowest BCUT2D eigenvalue weighted by Gasteiger charge is -2.27. The number of benzene rings is 4. The minimum Gasteiger partial charge on any atom is -0.459 e. The van der Waals surface area contributed by atoms with Gasteiger partial charge in [0.25, 0.3) is 15.9 Å². The number of amides is 1. The third-order valence-corrected chi connectivity index (χ3v) is 8.40. The molecule has 4 aromatic rings. The minimum absolute atomic E-state index is 0.124. The summed E-state index contributed by atoms with van der Waals surface area (Å²) in [7, 11) is -4.36. The average Bonchev–Trinajstić information content (AvgIpc) is 2.89. The van der Waals surface area contributed by atoms with E-state index < -0.39 is 28.1 Å². The number of anilines is 1. The van der Waals surface area contributed by atoms with E-state index in [-0.39, 0.29) is 26.5 Å². The van der Waals surface area contributed by atoms with E-state index in [1.807, 2.05) is 31.2 Å². The Balaban J connectivity index is 1.80. The molecular weight excluding hydrogens is 583 g/mol. The summed E-state index contributed by atoms with van der Waals surface area (Å²) in [4.78, 5) is 26.1. The Morgan fingerprint density at radius 1 is 0.878 bits per heavy atom. The van der Waals surface area contributed by atoms with Crippen molar-refractivity contribution in [2.24, 2.45) is 0 Å². The van der Waals surface area contributed by atoms with Crippen molar-refractivity contribution >= 4 is 61.6 Å². The van der Waals surface area contributed by atoms with Crippen LogP contribution in [0.3, 0.4) is 0 Å². The lowest BCUT2D eigenvalue weighted by molar-refractivity contribution is -0.152. The topological polar surface area (TPSA) is 92.8 Å². The summed E-state index contributed by atoms with van der Waals surface area (Å²) in [6.45, 7) is 6.77. The molecule has 0 unspecified atom stereocenters. The lowest BCUT2D eigenvalue weighted by atomic mass is 10.0. The quantitative estimate of drug-likeness (QED) is 0.218. The number of carbonyl (C=O) groups excluding carboxylic acids is 2. The number of nitrogens with one attached hydrogen (secondary N) is 1. The van der Waals surface area contributed by atoms with E-state index in [1.165, 1.54) is 18.2 Å². The summed E-state index contributed by atoms with van der Waals surface area (Å²) in [6.07, 6.45) is 0. The van der Waals surface area contributed by atoms with Gasteiger partial charge in [-0.15, -0.1) is 0 Å². The second kappa shape index (κ2) is 12.1. The Bertz CT molecular complexity index is 1710. The lowest BCUT2D eigenvalue weighted by Crippen LogP contribution is -2.39. The second-order valence-corrected chi connectivity index (χ2v) is 13.2. The van der Waals surface area contributed by atoms with E-state index in [0.29, 0.717) is 22.9 Å². The van der Waals surface area contributed by atoms with Gasteiger partial charge in [0.05, 0.1) is 10.6 Å². The minimum atomic E-state index is -4.36. The van der Waals surface area contributed by atoms with Gasteiger partial charge < -0.3 is 10.1 Å². The fourth-order valence-corrected chi connectivity index (χ4v) is 6.54. The summed E-state index contributed by atoms with van der Waals surface area (Å²) in [6, 6.07) is 21.7. The number of halogens is 2. The number of esters is 1. The average molecular weight is 614 g/mol. The Hall–Kier alpha value is -3.59. The molecule has 10 heteroatoms. The van der Waals surface area contributed by atoms with Gasteiger partial charge in [0.1, 0.15) is 12.1 Å². The van der Waals surface area contributed by atoms with Crippen LogP contribution in [0, 0.1) is 6.92 Å². The van der Waals surface area contributed by atoms with Crippen molar-refractivity contribution in [3.8, 4) is 0 Å². The summed E-state index contributed by atoms with van der Waals surface area (Å²) < 4.78 is 34.5. The number of nitrogens with zero attached hydrogens (tertiary/aromatic N) is 1. The van der Waals surface area contributed by atoms with Crippen LogP contribution in [0.1, 0.15) is 42.3 Å². The molecule has 0 aliphatic rings. The third kappa shape index (κ3) is 7.19. The van der Waals surface area contributed by atoms with Crippen molar-refractivity contribution in [2.45, 2.75) is 44.7 Å². The van der Waals surface area contributed by atoms with Crippen molar-refractivity contribution < 1.29 is 22.7 Å². The smallest absolute Gasteiger partial charge is 0.327 e. The summed E-state index contributed by atoms with van der Waals surface area (Å²) in [5, 5.41) is 4.17. The van der Waals surface area contributed by atoms with E-state index in [9.17, 15) is 18.0 Å².